The van der Waals surface area contributed by atoms with E-state index in [1.54, 1.807) is 0 Å². The van der Waals surface area contributed by atoms with Gasteiger partial charge < -0.3 is 5.32 Å². The number of H-pyrrole nitrogens is 1. The summed E-state index contributed by atoms with van der Waals surface area (Å²) in [4.78, 5) is 0. The van der Waals surface area contributed by atoms with Crippen LogP contribution in [0.5, 0.6) is 0 Å². The second-order valence-electron chi connectivity index (χ2n) is 2.47. The van der Waals surface area contributed by atoms with Gasteiger partial charge in [0.15, 0.2) is 4.77 Å². The summed E-state index contributed by atoms with van der Waals surface area (Å²) in [5.74, 6) is 0.782. The number of nitrogens with zero attached hydrogens (tertiary/aromatic N) is 2. The van der Waals surface area contributed by atoms with Crippen LogP contribution in [0.15, 0.2) is 12.3 Å². The van der Waals surface area contributed by atoms with Crippen molar-refractivity contribution in [1.29, 1.82) is 0 Å². The molecule has 0 saturated carbocycles. The first-order chi connectivity index (χ1) is 5.29. The van der Waals surface area contributed by atoms with E-state index in [4.69, 9.17) is 12.2 Å². The van der Waals surface area contributed by atoms with E-state index in [0.717, 1.165) is 5.95 Å². The molecule has 2 heterocycles. The van der Waals surface area contributed by atoms with E-state index in [9.17, 15) is 0 Å². The molecule has 0 fully saturated rings. The van der Waals surface area contributed by atoms with Crippen LogP contribution in [0.3, 0.4) is 0 Å². The molecule has 2 rings (SSSR count). The van der Waals surface area contributed by atoms with Gasteiger partial charge in [-0.2, -0.15) is 0 Å². The lowest BCUT2D eigenvalue weighted by atomic mass is 10.3. The Balaban J connectivity index is 2.63. The lowest BCUT2D eigenvalue weighted by molar-refractivity contribution is 0.646. The fraction of sp³-hybridized carbons (Fsp3) is 0.333. The van der Waals surface area contributed by atoms with Crippen LogP contribution in [-0.2, 0) is 0 Å². The van der Waals surface area contributed by atoms with Crippen molar-refractivity contribution in [2.24, 2.45) is 0 Å². The van der Waals surface area contributed by atoms with Crippen molar-refractivity contribution in [3.8, 4) is 0 Å². The van der Waals surface area contributed by atoms with Gasteiger partial charge in [-0.1, -0.05) is 0 Å². The highest BCUT2D eigenvalue weighted by molar-refractivity contribution is 7.71. The molecular formula is C6H8N4S. The standard InChI is InChI=1S/C6H8N4S/c1-4-2-3-7-5-8-9-6(11)10(4)5/h2-4H,1H3,(H,7,8)(H,9,11). The largest absolute Gasteiger partial charge is 0.331 e. The zero-order chi connectivity index (χ0) is 7.84. The third-order valence-electron chi connectivity index (χ3n) is 1.70. The number of allylic oxidation sites excluding steroid dienone is 1. The molecule has 0 aliphatic carbocycles. The van der Waals surface area contributed by atoms with Gasteiger partial charge in [-0.15, -0.1) is 5.10 Å². The Bertz CT molecular complexity index is 348. The molecule has 2 N–H and O–H groups in total. The van der Waals surface area contributed by atoms with E-state index in [0.29, 0.717) is 4.77 Å². The van der Waals surface area contributed by atoms with Gasteiger partial charge in [0, 0.05) is 6.20 Å². The van der Waals surface area contributed by atoms with Gasteiger partial charge in [0.05, 0.1) is 6.04 Å². The zero-order valence-electron chi connectivity index (χ0n) is 6.03. The molecule has 1 aliphatic rings. The molecule has 11 heavy (non-hydrogen) atoms. The quantitative estimate of drug-likeness (QED) is 0.576. The molecule has 1 atom stereocenters. The number of aromatic nitrogens is 3. The van der Waals surface area contributed by atoms with Crippen molar-refractivity contribution >= 4 is 18.2 Å². The van der Waals surface area contributed by atoms with Gasteiger partial charge in [0.25, 0.3) is 0 Å². The van der Waals surface area contributed by atoms with Crippen LogP contribution in [-0.4, -0.2) is 14.8 Å². The van der Waals surface area contributed by atoms with Crippen LogP contribution in [0, 0.1) is 4.77 Å². The van der Waals surface area contributed by atoms with Gasteiger partial charge in [0.2, 0.25) is 5.95 Å². The molecule has 0 radical (unpaired) electrons. The number of aromatic amines is 1. The van der Waals surface area contributed by atoms with Crippen molar-refractivity contribution < 1.29 is 0 Å². The first-order valence-corrected chi connectivity index (χ1v) is 3.80. The van der Waals surface area contributed by atoms with E-state index in [2.05, 4.69) is 22.4 Å². The van der Waals surface area contributed by atoms with E-state index in [-0.39, 0.29) is 6.04 Å². The van der Waals surface area contributed by atoms with Crippen LogP contribution in [0.1, 0.15) is 13.0 Å². The predicted octanol–water partition coefficient (Wildman–Crippen LogP) is 1.44. The Morgan fingerprint density at radius 2 is 2.55 bits per heavy atom. The van der Waals surface area contributed by atoms with Gasteiger partial charge >= 0.3 is 0 Å². The number of hydrogen-bond donors (Lipinski definition) is 2. The zero-order valence-corrected chi connectivity index (χ0v) is 6.85. The average molecular weight is 168 g/mol. The fourth-order valence-corrected chi connectivity index (χ4v) is 1.43. The summed E-state index contributed by atoms with van der Waals surface area (Å²) in [6.45, 7) is 2.06. The van der Waals surface area contributed by atoms with Crippen molar-refractivity contribution in [2.75, 3.05) is 5.32 Å². The number of anilines is 1. The maximum atomic E-state index is 5.02. The maximum Gasteiger partial charge on any atom is 0.227 e. The molecule has 1 aromatic rings. The molecule has 5 heteroatoms. The van der Waals surface area contributed by atoms with Gasteiger partial charge in [-0.25, -0.2) is 5.10 Å². The summed E-state index contributed by atoms with van der Waals surface area (Å²) in [6, 6.07) is 0.289. The highest BCUT2D eigenvalue weighted by Gasteiger charge is 2.12. The number of rotatable bonds is 0. The molecule has 58 valence electrons. The lowest BCUT2D eigenvalue weighted by Gasteiger charge is -2.15. The minimum absolute atomic E-state index is 0.289. The van der Waals surface area contributed by atoms with Gasteiger partial charge in [-0.05, 0) is 25.2 Å². The summed E-state index contributed by atoms with van der Waals surface area (Å²) in [5.41, 5.74) is 0. The molecule has 0 spiro atoms. The fourth-order valence-electron chi connectivity index (χ4n) is 1.13. The Hall–Kier alpha value is -1.10. The first kappa shape index (κ1) is 6.60. The van der Waals surface area contributed by atoms with Crippen LogP contribution in [0.4, 0.5) is 5.95 Å². The maximum absolute atomic E-state index is 5.02. The summed E-state index contributed by atoms with van der Waals surface area (Å²) >= 11 is 5.02. The summed E-state index contributed by atoms with van der Waals surface area (Å²) in [6.07, 6.45) is 3.90. The average Bonchev–Trinajstić information content (AvgIpc) is 2.34. The molecule has 1 unspecified atom stereocenters. The number of fused-ring (bicyclic) bond motifs is 1. The normalized spacial score (nSPS) is 21.0. The van der Waals surface area contributed by atoms with Crippen molar-refractivity contribution in [2.45, 2.75) is 13.0 Å². The van der Waals surface area contributed by atoms with E-state index in [1.807, 2.05) is 16.8 Å². The van der Waals surface area contributed by atoms with E-state index in [1.165, 1.54) is 0 Å². The Labute approximate surface area is 68.9 Å². The Morgan fingerprint density at radius 3 is 3.27 bits per heavy atom. The number of nitrogens with one attached hydrogen (secondary N) is 2. The van der Waals surface area contributed by atoms with Crippen LogP contribution < -0.4 is 5.32 Å². The van der Waals surface area contributed by atoms with Crippen molar-refractivity contribution in [3.63, 3.8) is 0 Å². The minimum atomic E-state index is 0.289. The van der Waals surface area contributed by atoms with E-state index < -0.39 is 0 Å². The molecule has 0 saturated heterocycles. The molecular weight excluding hydrogens is 160 g/mol. The monoisotopic (exact) mass is 168 g/mol. The number of hydrogen-bond acceptors (Lipinski definition) is 3. The van der Waals surface area contributed by atoms with Crippen molar-refractivity contribution in [3.05, 3.63) is 17.0 Å². The smallest absolute Gasteiger partial charge is 0.227 e. The Morgan fingerprint density at radius 1 is 1.73 bits per heavy atom. The second kappa shape index (κ2) is 2.20. The first-order valence-electron chi connectivity index (χ1n) is 3.39. The van der Waals surface area contributed by atoms with Crippen LogP contribution >= 0.6 is 12.2 Å². The molecule has 1 aliphatic heterocycles. The molecule has 4 nitrogen and oxygen atoms in total. The highest BCUT2D eigenvalue weighted by atomic mass is 32.1. The highest BCUT2D eigenvalue weighted by Crippen LogP contribution is 2.18. The summed E-state index contributed by atoms with van der Waals surface area (Å²) < 4.78 is 2.58. The summed E-state index contributed by atoms with van der Waals surface area (Å²) in [7, 11) is 0. The van der Waals surface area contributed by atoms with Crippen LogP contribution in [0.2, 0.25) is 0 Å². The second-order valence-corrected chi connectivity index (χ2v) is 2.85. The third-order valence-corrected chi connectivity index (χ3v) is 1.99. The SMILES string of the molecule is CC1C=CNc2n[nH]c(=S)n21. The van der Waals surface area contributed by atoms with Crippen molar-refractivity contribution in [1.82, 2.24) is 14.8 Å². The summed E-state index contributed by atoms with van der Waals surface area (Å²) in [5, 5.41) is 9.70. The molecule has 0 amide bonds. The lowest BCUT2D eigenvalue weighted by Crippen LogP contribution is -2.11. The van der Waals surface area contributed by atoms with E-state index >= 15 is 0 Å². The van der Waals surface area contributed by atoms with Gasteiger partial charge in [0.1, 0.15) is 0 Å². The van der Waals surface area contributed by atoms with Gasteiger partial charge in [-0.3, -0.25) is 4.57 Å². The molecule has 0 bridgehead atoms. The Kier molecular flexibility index (Phi) is 1.32. The molecule has 1 aromatic heterocycles. The topological polar surface area (TPSA) is 45.6 Å². The van der Waals surface area contributed by atoms with Crippen LogP contribution in [0.25, 0.3) is 0 Å². The molecule has 0 aromatic carbocycles. The third kappa shape index (κ3) is 0.883. The minimum Gasteiger partial charge on any atom is -0.331 e. The predicted molar refractivity (Wildman–Crippen MR) is 44.9 cm³/mol.